The first-order chi connectivity index (χ1) is 22.1. The van der Waals surface area contributed by atoms with Crippen LogP contribution in [0.3, 0.4) is 0 Å². The fraction of sp³-hybridized carbons (Fsp3) is 0.441. The standard InChI is InChI=1S/C34H31Cl2F3N6O/c1-17-21-13-26(25-8-4-10-44(25)33(46)43-15-34(38,39)16-43)45(31-19-12-24(31)41-14-19)32(21)22-11-18(5-3-9-40)27(29(37)30(22)42-17)20-6-2-7-23(35)28(20)36/h2,6-7,11,13,19,24-25,31,41H,3-5,8,10,12,14-16H2,1H3/t19-,24-,25-,31+/m1/s1. The molecular formula is C34H31Cl2F3N6O. The zero-order chi connectivity index (χ0) is 32.1. The number of pyridine rings is 1. The van der Waals surface area contributed by atoms with Crippen molar-refractivity contribution in [3.63, 3.8) is 0 Å². The summed E-state index contributed by atoms with van der Waals surface area (Å²) in [6.45, 7) is 2.08. The van der Waals surface area contributed by atoms with Gasteiger partial charge in [0.25, 0.3) is 5.92 Å². The van der Waals surface area contributed by atoms with E-state index in [0.29, 0.717) is 52.5 Å². The maximum absolute atomic E-state index is 16.9. The number of nitrogens with one attached hydrogen (secondary N) is 1. The third kappa shape index (κ3) is 4.42. The van der Waals surface area contributed by atoms with Gasteiger partial charge < -0.3 is 19.7 Å². The number of urea groups is 1. The molecule has 46 heavy (non-hydrogen) atoms. The minimum atomic E-state index is -2.85. The van der Waals surface area contributed by atoms with Gasteiger partial charge in [-0.3, -0.25) is 0 Å². The number of rotatable bonds is 5. The van der Waals surface area contributed by atoms with Gasteiger partial charge in [0, 0.05) is 58.8 Å². The van der Waals surface area contributed by atoms with Crippen LogP contribution in [0.15, 0.2) is 30.3 Å². The van der Waals surface area contributed by atoms with Crippen molar-refractivity contribution in [1.29, 1.82) is 5.26 Å². The normalized spacial score (nSPS) is 24.8. The minimum Gasteiger partial charge on any atom is -0.337 e. The number of aryl methyl sites for hydroxylation is 2. The number of nitriles is 1. The Morgan fingerprint density at radius 3 is 2.72 bits per heavy atom. The molecule has 12 heteroatoms. The molecule has 2 aromatic heterocycles. The summed E-state index contributed by atoms with van der Waals surface area (Å²) in [6.07, 6.45) is 2.96. The van der Waals surface area contributed by atoms with Crippen LogP contribution in [0, 0.1) is 30.0 Å². The van der Waals surface area contributed by atoms with Crippen molar-refractivity contribution in [3.05, 3.63) is 63.1 Å². The van der Waals surface area contributed by atoms with Gasteiger partial charge in [0.1, 0.15) is 5.52 Å². The van der Waals surface area contributed by atoms with E-state index in [1.807, 2.05) is 13.0 Å². The maximum Gasteiger partial charge on any atom is 0.320 e. The third-order valence-electron chi connectivity index (χ3n) is 10.4. The molecule has 4 aliphatic heterocycles. The molecule has 2 bridgehead atoms. The predicted octanol–water partition coefficient (Wildman–Crippen LogP) is 7.81. The largest absolute Gasteiger partial charge is 0.337 e. The van der Waals surface area contributed by atoms with Crippen LogP contribution >= 0.6 is 23.2 Å². The van der Waals surface area contributed by atoms with E-state index in [-0.39, 0.29) is 46.7 Å². The number of aromatic nitrogens is 2. The average Bonchev–Trinajstić information content (AvgIpc) is 3.81. The van der Waals surface area contributed by atoms with E-state index in [9.17, 15) is 18.8 Å². The van der Waals surface area contributed by atoms with Gasteiger partial charge >= 0.3 is 6.03 Å². The molecular weight excluding hydrogens is 636 g/mol. The van der Waals surface area contributed by atoms with Crippen molar-refractivity contribution in [1.82, 2.24) is 24.7 Å². The Hall–Kier alpha value is -3.52. The lowest BCUT2D eigenvalue weighted by atomic mass is 9.79. The summed E-state index contributed by atoms with van der Waals surface area (Å²) in [4.78, 5) is 21.3. The van der Waals surface area contributed by atoms with Crippen LogP contribution in [0.5, 0.6) is 0 Å². The molecule has 4 atom stereocenters. The molecule has 2 amide bonds. The van der Waals surface area contributed by atoms with E-state index in [1.54, 1.807) is 23.1 Å². The number of likely N-dealkylation sites (tertiary alicyclic amines) is 2. The van der Waals surface area contributed by atoms with Crippen LogP contribution in [-0.2, 0) is 6.42 Å². The fourth-order valence-electron chi connectivity index (χ4n) is 8.23. The minimum absolute atomic E-state index is 0.0936. The van der Waals surface area contributed by atoms with E-state index < -0.39 is 24.8 Å². The topological polar surface area (TPSA) is 77.2 Å². The van der Waals surface area contributed by atoms with Gasteiger partial charge in [0.05, 0.1) is 46.8 Å². The van der Waals surface area contributed by atoms with Gasteiger partial charge in [-0.1, -0.05) is 35.3 Å². The van der Waals surface area contributed by atoms with E-state index in [2.05, 4.69) is 22.0 Å². The van der Waals surface area contributed by atoms with Crippen LogP contribution in [-0.4, -0.2) is 63.5 Å². The number of benzene rings is 2. The van der Waals surface area contributed by atoms with Crippen LogP contribution in [0.25, 0.3) is 32.9 Å². The highest BCUT2D eigenvalue weighted by Gasteiger charge is 2.51. The molecule has 0 spiro atoms. The summed E-state index contributed by atoms with van der Waals surface area (Å²) >= 11 is 13.0. The summed E-state index contributed by atoms with van der Waals surface area (Å²) in [7, 11) is 0. The maximum atomic E-state index is 16.9. The van der Waals surface area contributed by atoms with Crippen molar-refractivity contribution in [2.24, 2.45) is 5.92 Å². The molecule has 6 heterocycles. The van der Waals surface area contributed by atoms with Gasteiger partial charge in [-0.15, -0.1) is 0 Å². The predicted molar refractivity (Wildman–Crippen MR) is 171 cm³/mol. The molecule has 0 unspecified atom stereocenters. The van der Waals surface area contributed by atoms with Crippen molar-refractivity contribution >= 4 is 51.0 Å². The average molecular weight is 668 g/mol. The Balaban J connectivity index is 1.36. The van der Waals surface area contributed by atoms with Gasteiger partial charge in [0.2, 0.25) is 0 Å². The Kier molecular flexibility index (Phi) is 6.98. The molecule has 4 saturated heterocycles. The second-order valence-corrected chi connectivity index (χ2v) is 13.9. The number of carbonyl (C=O) groups excluding carboxylic acids is 1. The van der Waals surface area contributed by atoms with Gasteiger partial charge in [0.15, 0.2) is 5.82 Å². The molecule has 5 aliphatic rings. The summed E-state index contributed by atoms with van der Waals surface area (Å²) in [5.41, 5.74) is 3.96. The Morgan fingerprint density at radius 1 is 1.22 bits per heavy atom. The molecule has 5 fully saturated rings. The van der Waals surface area contributed by atoms with Crippen LogP contribution in [0.2, 0.25) is 10.0 Å². The van der Waals surface area contributed by atoms with Crippen molar-refractivity contribution in [2.75, 3.05) is 26.2 Å². The molecule has 2 aromatic carbocycles. The molecule has 7 nitrogen and oxygen atoms in total. The van der Waals surface area contributed by atoms with Crippen molar-refractivity contribution < 1.29 is 18.0 Å². The van der Waals surface area contributed by atoms with E-state index in [4.69, 9.17) is 28.2 Å². The number of alkyl halides is 2. The first-order valence-corrected chi connectivity index (χ1v) is 16.5. The highest BCUT2D eigenvalue weighted by molar-refractivity contribution is 6.43. The van der Waals surface area contributed by atoms with Crippen molar-refractivity contribution in [3.8, 4) is 17.2 Å². The Bertz CT molecular complexity index is 1970. The second-order valence-electron chi connectivity index (χ2n) is 13.1. The lowest BCUT2D eigenvalue weighted by Crippen LogP contribution is -2.61. The first kappa shape index (κ1) is 29.9. The fourth-order valence-corrected chi connectivity index (χ4v) is 8.63. The highest BCUT2D eigenvalue weighted by atomic mass is 35.5. The molecule has 0 radical (unpaired) electrons. The quantitative estimate of drug-likeness (QED) is 0.236. The summed E-state index contributed by atoms with van der Waals surface area (Å²) in [5, 5.41) is 15.1. The van der Waals surface area contributed by atoms with Gasteiger partial charge in [-0.05, 0) is 62.3 Å². The van der Waals surface area contributed by atoms with E-state index >= 15 is 4.39 Å². The molecule has 1 N–H and O–H groups in total. The number of carbonyl (C=O) groups is 1. The highest BCUT2D eigenvalue weighted by Crippen LogP contribution is 2.51. The Morgan fingerprint density at radius 2 is 2.02 bits per heavy atom. The molecule has 1 aliphatic carbocycles. The number of nitrogens with zero attached hydrogens (tertiary/aromatic N) is 5. The second kappa shape index (κ2) is 10.8. The lowest BCUT2D eigenvalue weighted by Gasteiger charge is -2.43. The summed E-state index contributed by atoms with van der Waals surface area (Å²) in [5.74, 6) is -3.00. The monoisotopic (exact) mass is 666 g/mol. The van der Waals surface area contributed by atoms with Crippen LogP contribution in [0.4, 0.5) is 18.0 Å². The Labute approximate surface area is 273 Å². The first-order valence-electron chi connectivity index (χ1n) is 15.7. The molecule has 238 valence electrons. The summed E-state index contributed by atoms with van der Waals surface area (Å²) < 4.78 is 46.7. The number of fused-ring (bicyclic) bond motifs is 4. The lowest BCUT2D eigenvalue weighted by molar-refractivity contribution is -0.114. The molecule has 4 aromatic rings. The summed E-state index contributed by atoms with van der Waals surface area (Å²) in [6, 6.07) is 10.9. The third-order valence-corrected chi connectivity index (χ3v) is 11.2. The van der Waals surface area contributed by atoms with E-state index in [0.717, 1.165) is 36.0 Å². The smallest absolute Gasteiger partial charge is 0.320 e. The van der Waals surface area contributed by atoms with Gasteiger partial charge in [-0.25, -0.2) is 22.9 Å². The SMILES string of the molecule is Cc1nc2c(F)c(-c3cccc(Cl)c3Cl)c(CCC#N)cc2c2c1cc([C@H]1CCCN1C(=O)N1CC(F)(F)C1)n2[C@H]1[C@H]2CN[C@@H]1C2. The zero-order valence-electron chi connectivity index (χ0n) is 25.1. The van der Waals surface area contributed by atoms with Gasteiger partial charge in [-0.2, -0.15) is 5.26 Å². The van der Waals surface area contributed by atoms with Crippen LogP contribution < -0.4 is 5.32 Å². The molecule has 9 rings (SSSR count). The zero-order valence-corrected chi connectivity index (χ0v) is 26.6. The number of hydrogen-bond acceptors (Lipinski definition) is 4. The van der Waals surface area contributed by atoms with E-state index in [1.165, 1.54) is 4.90 Å². The number of hydrogen-bond donors (Lipinski definition) is 1. The van der Waals surface area contributed by atoms with Crippen molar-refractivity contribution in [2.45, 2.75) is 63.1 Å². The van der Waals surface area contributed by atoms with Crippen LogP contribution in [0.1, 0.15) is 54.7 Å². The number of halogens is 5. The number of amides is 2. The molecule has 1 saturated carbocycles.